The van der Waals surface area contributed by atoms with E-state index in [4.69, 9.17) is 23.2 Å². The van der Waals surface area contributed by atoms with E-state index >= 15 is 0 Å². The molecule has 3 atom stereocenters. The molecule has 1 saturated heterocycles. The molecule has 25 heavy (non-hydrogen) atoms. The Morgan fingerprint density at radius 3 is 2.32 bits per heavy atom. The molecule has 2 aromatic rings. The number of aliphatic carboxylic acids is 1. The standard InChI is InChI=1S/C18H11Cl2NO4/c19-10-6-4-9(5-7-10)18-13(14(18)16(23)24)15(22)21(17(18)25)12-3-1-2-11(20)8-12/h1-8,13-14H,(H,23,24). The molecule has 2 fully saturated rings. The largest absolute Gasteiger partial charge is 0.481 e. The second-order valence-corrected chi connectivity index (χ2v) is 7.00. The number of imide groups is 1. The van der Waals surface area contributed by atoms with Crippen LogP contribution >= 0.6 is 23.2 Å². The molecule has 7 heteroatoms. The molecule has 3 unspecified atom stereocenters. The zero-order valence-corrected chi connectivity index (χ0v) is 14.2. The lowest BCUT2D eigenvalue weighted by molar-refractivity contribution is -0.142. The van der Waals surface area contributed by atoms with Gasteiger partial charge in [-0.2, -0.15) is 0 Å². The van der Waals surface area contributed by atoms with Gasteiger partial charge in [0.1, 0.15) is 5.41 Å². The average molecular weight is 376 g/mol. The SMILES string of the molecule is O=C(O)C1C2C(=O)N(c3cccc(Cl)c3)C(=O)C12c1ccc(Cl)cc1. The van der Waals surface area contributed by atoms with Crippen molar-refractivity contribution in [2.75, 3.05) is 4.90 Å². The quantitative estimate of drug-likeness (QED) is 0.836. The van der Waals surface area contributed by atoms with Crippen molar-refractivity contribution >= 4 is 46.7 Å². The monoisotopic (exact) mass is 375 g/mol. The van der Waals surface area contributed by atoms with Gasteiger partial charge in [-0.15, -0.1) is 0 Å². The Labute approximate surface area is 152 Å². The molecule has 0 aromatic heterocycles. The van der Waals surface area contributed by atoms with E-state index in [1.54, 1.807) is 42.5 Å². The van der Waals surface area contributed by atoms with E-state index in [-0.39, 0.29) is 0 Å². The van der Waals surface area contributed by atoms with Crippen molar-refractivity contribution in [3.63, 3.8) is 0 Å². The third-order valence-electron chi connectivity index (χ3n) is 4.90. The van der Waals surface area contributed by atoms with E-state index in [2.05, 4.69) is 0 Å². The molecule has 0 radical (unpaired) electrons. The third kappa shape index (κ3) is 2.06. The Hall–Kier alpha value is -2.37. The average Bonchev–Trinajstić information content (AvgIpc) is 3.21. The van der Waals surface area contributed by atoms with E-state index in [0.29, 0.717) is 21.3 Å². The Bertz CT molecular complexity index is 927. The van der Waals surface area contributed by atoms with Crippen LogP contribution in [0.1, 0.15) is 5.56 Å². The Kier molecular flexibility index (Phi) is 3.42. The van der Waals surface area contributed by atoms with Crippen molar-refractivity contribution in [3.8, 4) is 0 Å². The highest BCUT2D eigenvalue weighted by Gasteiger charge is 2.82. The summed E-state index contributed by atoms with van der Waals surface area (Å²) in [5.41, 5.74) is -0.556. The van der Waals surface area contributed by atoms with Crippen LogP contribution in [0.3, 0.4) is 0 Å². The number of halogens is 2. The lowest BCUT2D eigenvalue weighted by atomic mass is 9.91. The smallest absolute Gasteiger partial charge is 0.308 e. The minimum Gasteiger partial charge on any atom is -0.481 e. The number of carboxylic acids is 1. The number of anilines is 1. The summed E-state index contributed by atoms with van der Waals surface area (Å²) >= 11 is 11.8. The van der Waals surface area contributed by atoms with Crippen LogP contribution in [0.15, 0.2) is 48.5 Å². The van der Waals surface area contributed by atoms with Crippen LogP contribution in [-0.2, 0) is 19.8 Å². The predicted molar refractivity (Wildman–Crippen MR) is 91.7 cm³/mol. The molecule has 1 aliphatic heterocycles. The first-order valence-electron chi connectivity index (χ1n) is 7.52. The number of amides is 2. The number of carboxylic acid groups (broad SMARTS) is 1. The summed E-state index contributed by atoms with van der Waals surface area (Å²) in [7, 11) is 0. The van der Waals surface area contributed by atoms with Crippen molar-refractivity contribution in [3.05, 3.63) is 64.1 Å². The zero-order chi connectivity index (χ0) is 17.9. The molecule has 1 saturated carbocycles. The van der Waals surface area contributed by atoms with Crippen LogP contribution < -0.4 is 4.90 Å². The summed E-state index contributed by atoms with van der Waals surface area (Å²) in [6.45, 7) is 0. The van der Waals surface area contributed by atoms with Crippen LogP contribution in [0.25, 0.3) is 0 Å². The molecule has 1 heterocycles. The molecule has 0 bridgehead atoms. The van der Waals surface area contributed by atoms with Crippen molar-refractivity contribution in [2.45, 2.75) is 5.41 Å². The maximum absolute atomic E-state index is 13.2. The van der Waals surface area contributed by atoms with Gasteiger partial charge in [-0.05, 0) is 35.9 Å². The van der Waals surface area contributed by atoms with Gasteiger partial charge in [0.05, 0.1) is 17.5 Å². The van der Waals surface area contributed by atoms with Gasteiger partial charge < -0.3 is 5.11 Å². The fourth-order valence-corrected chi connectivity index (χ4v) is 4.13. The molecule has 4 rings (SSSR count). The Morgan fingerprint density at radius 1 is 1.04 bits per heavy atom. The number of rotatable bonds is 3. The highest BCUT2D eigenvalue weighted by atomic mass is 35.5. The molecule has 126 valence electrons. The van der Waals surface area contributed by atoms with Gasteiger partial charge in [0.2, 0.25) is 11.8 Å². The minimum atomic E-state index is -1.38. The number of piperidine rings is 1. The fraction of sp³-hybridized carbons (Fsp3) is 0.167. The van der Waals surface area contributed by atoms with E-state index < -0.39 is 35.0 Å². The molecule has 1 aliphatic carbocycles. The first kappa shape index (κ1) is 16.1. The van der Waals surface area contributed by atoms with E-state index in [9.17, 15) is 19.5 Å². The molecule has 2 aromatic carbocycles. The topological polar surface area (TPSA) is 74.7 Å². The maximum atomic E-state index is 13.2. The molecule has 1 N–H and O–H groups in total. The van der Waals surface area contributed by atoms with Crippen LogP contribution in [0.5, 0.6) is 0 Å². The number of carbonyl (C=O) groups excluding carboxylic acids is 2. The second-order valence-electron chi connectivity index (χ2n) is 6.13. The third-order valence-corrected chi connectivity index (χ3v) is 5.39. The van der Waals surface area contributed by atoms with Crippen LogP contribution in [-0.4, -0.2) is 22.9 Å². The molecule has 2 amide bonds. The van der Waals surface area contributed by atoms with Crippen LogP contribution in [0, 0.1) is 11.8 Å². The Balaban J connectivity index is 1.84. The first-order chi connectivity index (χ1) is 11.9. The van der Waals surface area contributed by atoms with Gasteiger partial charge in [0.25, 0.3) is 0 Å². The van der Waals surface area contributed by atoms with E-state index in [1.165, 1.54) is 6.07 Å². The summed E-state index contributed by atoms with van der Waals surface area (Å²) in [5.74, 6) is -4.21. The van der Waals surface area contributed by atoms with Gasteiger partial charge >= 0.3 is 5.97 Å². The van der Waals surface area contributed by atoms with Crippen molar-refractivity contribution < 1.29 is 19.5 Å². The summed E-state index contributed by atoms with van der Waals surface area (Å²) in [6, 6.07) is 12.7. The number of nitrogens with zero attached hydrogens (tertiary/aromatic N) is 1. The molecular formula is C18H11Cl2NO4. The molecular weight excluding hydrogens is 365 g/mol. The van der Waals surface area contributed by atoms with Gasteiger partial charge in [-0.3, -0.25) is 14.4 Å². The lowest BCUT2D eigenvalue weighted by Crippen LogP contribution is -2.40. The summed E-state index contributed by atoms with van der Waals surface area (Å²) in [6.07, 6.45) is 0. The summed E-state index contributed by atoms with van der Waals surface area (Å²) < 4.78 is 0. The number of benzene rings is 2. The van der Waals surface area contributed by atoms with Gasteiger partial charge in [0, 0.05) is 10.0 Å². The number of hydrogen-bond acceptors (Lipinski definition) is 3. The van der Waals surface area contributed by atoms with E-state index in [1.807, 2.05) is 0 Å². The van der Waals surface area contributed by atoms with Crippen LogP contribution in [0.4, 0.5) is 5.69 Å². The molecule has 2 aliphatic rings. The van der Waals surface area contributed by atoms with Crippen LogP contribution in [0.2, 0.25) is 10.0 Å². The Morgan fingerprint density at radius 2 is 1.72 bits per heavy atom. The second kappa shape index (κ2) is 5.31. The first-order valence-corrected chi connectivity index (χ1v) is 8.27. The van der Waals surface area contributed by atoms with Gasteiger partial charge in [-0.1, -0.05) is 41.4 Å². The van der Waals surface area contributed by atoms with Crippen molar-refractivity contribution in [2.24, 2.45) is 11.8 Å². The lowest BCUT2D eigenvalue weighted by Gasteiger charge is -2.21. The zero-order valence-electron chi connectivity index (χ0n) is 12.6. The highest BCUT2D eigenvalue weighted by Crippen LogP contribution is 2.66. The van der Waals surface area contributed by atoms with Gasteiger partial charge in [-0.25, -0.2) is 4.90 Å². The summed E-state index contributed by atoms with van der Waals surface area (Å²) in [4.78, 5) is 38.6. The number of carbonyl (C=O) groups is 3. The predicted octanol–water partition coefficient (Wildman–Crippen LogP) is 3.14. The van der Waals surface area contributed by atoms with Crippen molar-refractivity contribution in [1.29, 1.82) is 0 Å². The van der Waals surface area contributed by atoms with E-state index in [0.717, 1.165) is 4.90 Å². The molecule has 5 nitrogen and oxygen atoms in total. The fourth-order valence-electron chi connectivity index (χ4n) is 3.82. The summed E-state index contributed by atoms with van der Waals surface area (Å²) in [5, 5.41) is 10.4. The maximum Gasteiger partial charge on any atom is 0.308 e. The number of hydrogen-bond donors (Lipinski definition) is 1. The molecule has 0 spiro atoms. The van der Waals surface area contributed by atoms with Crippen molar-refractivity contribution in [1.82, 2.24) is 0 Å². The minimum absolute atomic E-state index is 0.340. The van der Waals surface area contributed by atoms with Gasteiger partial charge in [0.15, 0.2) is 0 Å². The highest BCUT2D eigenvalue weighted by molar-refractivity contribution is 6.34. The number of fused-ring (bicyclic) bond motifs is 1. The normalized spacial score (nSPS) is 27.4.